The molecule has 1 aliphatic carbocycles. The lowest BCUT2D eigenvalue weighted by Gasteiger charge is -2.37. The second-order valence-corrected chi connectivity index (χ2v) is 6.38. The number of amides is 2. The highest BCUT2D eigenvalue weighted by molar-refractivity contribution is 5.79. The second-order valence-electron chi connectivity index (χ2n) is 6.38. The zero-order valence-electron chi connectivity index (χ0n) is 12.9. The maximum atomic E-state index is 11.9. The first-order chi connectivity index (χ1) is 9.27. The molecule has 1 fully saturated rings. The molecule has 6 heteroatoms. The summed E-state index contributed by atoms with van der Waals surface area (Å²) >= 11 is 0. The highest BCUT2D eigenvalue weighted by Gasteiger charge is 2.44. The van der Waals surface area contributed by atoms with Crippen molar-refractivity contribution in [2.24, 2.45) is 11.3 Å². The quantitative estimate of drug-likeness (QED) is 0.655. The summed E-state index contributed by atoms with van der Waals surface area (Å²) in [5, 5.41) is 14.8. The predicted molar refractivity (Wildman–Crippen MR) is 77.6 cm³/mol. The molecule has 1 saturated carbocycles. The van der Waals surface area contributed by atoms with Crippen LogP contribution in [0.5, 0.6) is 0 Å². The third kappa shape index (κ3) is 4.37. The molecule has 1 aliphatic rings. The van der Waals surface area contributed by atoms with Crippen molar-refractivity contribution >= 4 is 12.0 Å². The molecule has 116 valence electrons. The average Bonchev–Trinajstić information content (AvgIpc) is 2.25. The van der Waals surface area contributed by atoms with Gasteiger partial charge in [0.1, 0.15) is 0 Å². The first kappa shape index (κ1) is 16.8. The minimum Gasteiger partial charge on any atom is -0.481 e. The topological polar surface area (TPSA) is 81.7 Å². The molecule has 2 amide bonds. The zero-order chi connectivity index (χ0) is 15.3. The zero-order valence-corrected chi connectivity index (χ0v) is 12.9. The number of hydrogen-bond donors (Lipinski definition) is 3. The molecule has 0 saturated heterocycles. The van der Waals surface area contributed by atoms with Crippen molar-refractivity contribution in [3.63, 3.8) is 0 Å². The number of urea groups is 1. The van der Waals surface area contributed by atoms with Crippen molar-refractivity contribution in [2.45, 2.75) is 39.2 Å². The van der Waals surface area contributed by atoms with Gasteiger partial charge in [0.25, 0.3) is 0 Å². The lowest BCUT2D eigenvalue weighted by atomic mass is 9.69. The van der Waals surface area contributed by atoms with E-state index in [0.29, 0.717) is 18.8 Å². The fraction of sp³-hybridized carbons (Fsp3) is 0.857. The standard InChI is InChI=1S/C14H27N3O3/c1-10(2)11(8-17(3)4)16-13(20)15-9-14(12(18)19)6-5-7-14/h10-11H,5-9H2,1-4H3,(H,18,19)(H2,15,16,20). The Balaban J connectivity index is 2.44. The van der Waals surface area contributed by atoms with E-state index in [9.17, 15) is 14.7 Å². The second kappa shape index (κ2) is 6.92. The van der Waals surface area contributed by atoms with Gasteiger partial charge in [-0.2, -0.15) is 0 Å². The Morgan fingerprint density at radius 3 is 2.25 bits per heavy atom. The minimum atomic E-state index is -0.808. The Bertz CT molecular complexity index is 352. The van der Waals surface area contributed by atoms with Gasteiger partial charge in [0.05, 0.1) is 5.41 Å². The number of nitrogens with one attached hydrogen (secondary N) is 2. The fourth-order valence-electron chi connectivity index (χ4n) is 2.36. The third-order valence-electron chi connectivity index (χ3n) is 4.03. The molecule has 0 bridgehead atoms. The maximum Gasteiger partial charge on any atom is 0.315 e. The summed E-state index contributed by atoms with van der Waals surface area (Å²) in [6.07, 6.45) is 2.21. The lowest BCUT2D eigenvalue weighted by molar-refractivity contribution is -0.153. The molecule has 1 unspecified atom stereocenters. The number of hydrogen-bond acceptors (Lipinski definition) is 3. The Hall–Kier alpha value is -1.30. The van der Waals surface area contributed by atoms with Gasteiger partial charge in [0.15, 0.2) is 0 Å². The third-order valence-corrected chi connectivity index (χ3v) is 4.03. The van der Waals surface area contributed by atoms with Crippen molar-refractivity contribution in [2.75, 3.05) is 27.2 Å². The number of nitrogens with zero attached hydrogens (tertiary/aromatic N) is 1. The largest absolute Gasteiger partial charge is 0.481 e. The molecule has 3 N–H and O–H groups in total. The number of rotatable bonds is 7. The molecule has 1 rings (SSSR count). The van der Waals surface area contributed by atoms with E-state index >= 15 is 0 Å². The van der Waals surface area contributed by atoms with E-state index in [0.717, 1.165) is 13.0 Å². The Labute approximate surface area is 120 Å². The van der Waals surface area contributed by atoms with Gasteiger partial charge in [-0.3, -0.25) is 4.79 Å². The van der Waals surface area contributed by atoms with Crippen LogP contribution < -0.4 is 10.6 Å². The fourth-order valence-corrected chi connectivity index (χ4v) is 2.36. The molecule has 0 radical (unpaired) electrons. The van der Waals surface area contributed by atoms with Crippen LogP contribution in [0.1, 0.15) is 33.1 Å². The van der Waals surface area contributed by atoms with E-state index in [-0.39, 0.29) is 18.6 Å². The Kier molecular flexibility index (Phi) is 5.80. The van der Waals surface area contributed by atoms with E-state index < -0.39 is 11.4 Å². The van der Waals surface area contributed by atoms with Crippen LogP contribution in [0.25, 0.3) is 0 Å². The monoisotopic (exact) mass is 285 g/mol. The van der Waals surface area contributed by atoms with Crippen LogP contribution in [0.4, 0.5) is 4.79 Å². The number of carbonyl (C=O) groups excluding carboxylic acids is 1. The van der Waals surface area contributed by atoms with Gasteiger partial charge >= 0.3 is 12.0 Å². The van der Waals surface area contributed by atoms with Crippen LogP contribution in [-0.4, -0.2) is 55.2 Å². The maximum absolute atomic E-state index is 11.9. The molecule has 6 nitrogen and oxygen atoms in total. The normalized spacial score (nSPS) is 18.5. The summed E-state index contributed by atoms with van der Waals surface area (Å²) in [6.45, 7) is 5.08. The van der Waals surface area contributed by atoms with Crippen molar-refractivity contribution in [3.8, 4) is 0 Å². The summed E-state index contributed by atoms with van der Waals surface area (Å²) in [7, 11) is 3.92. The number of carboxylic acids is 1. The molecular weight excluding hydrogens is 258 g/mol. The summed E-state index contributed by atoms with van der Waals surface area (Å²) < 4.78 is 0. The lowest BCUT2D eigenvalue weighted by Crippen LogP contribution is -2.53. The molecule has 0 aliphatic heterocycles. The smallest absolute Gasteiger partial charge is 0.315 e. The van der Waals surface area contributed by atoms with Crippen molar-refractivity contribution < 1.29 is 14.7 Å². The van der Waals surface area contributed by atoms with Gasteiger partial charge < -0.3 is 20.6 Å². The van der Waals surface area contributed by atoms with Crippen LogP contribution in [0.15, 0.2) is 0 Å². The van der Waals surface area contributed by atoms with Crippen molar-refractivity contribution in [1.29, 1.82) is 0 Å². The van der Waals surface area contributed by atoms with Gasteiger partial charge in [-0.1, -0.05) is 20.3 Å². The van der Waals surface area contributed by atoms with Gasteiger partial charge in [0.2, 0.25) is 0 Å². The van der Waals surface area contributed by atoms with Crippen molar-refractivity contribution in [1.82, 2.24) is 15.5 Å². The summed E-state index contributed by atoms with van der Waals surface area (Å²) in [5.74, 6) is -0.488. The first-order valence-electron chi connectivity index (χ1n) is 7.19. The average molecular weight is 285 g/mol. The summed E-state index contributed by atoms with van der Waals surface area (Å²) in [6, 6.07) is -0.231. The van der Waals surface area contributed by atoms with Gasteiger partial charge in [-0.25, -0.2) is 4.79 Å². The molecule has 0 aromatic rings. The number of carboxylic acid groups (broad SMARTS) is 1. The van der Waals surface area contributed by atoms with Crippen LogP contribution in [-0.2, 0) is 4.79 Å². The van der Waals surface area contributed by atoms with Gasteiger partial charge in [0, 0.05) is 19.1 Å². The predicted octanol–water partition coefficient (Wildman–Crippen LogP) is 1.13. The van der Waals surface area contributed by atoms with E-state index in [1.165, 1.54) is 0 Å². The molecule has 0 aromatic heterocycles. The molecule has 20 heavy (non-hydrogen) atoms. The van der Waals surface area contributed by atoms with Gasteiger partial charge in [-0.05, 0) is 32.9 Å². The number of carbonyl (C=O) groups is 2. The number of likely N-dealkylation sites (N-methyl/N-ethyl adjacent to an activating group) is 1. The van der Waals surface area contributed by atoms with Crippen LogP contribution in [0.3, 0.4) is 0 Å². The Morgan fingerprint density at radius 1 is 1.30 bits per heavy atom. The minimum absolute atomic E-state index is 0.0483. The van der Waals surface area contributed by atoms with Crippen LogP contribution >= 0.6 is 0 Å². The SMILES string of the molecule is CC(C)C(CN(C)C)NC(=O)NCC1(C(=O)O)CCC1. The van der Waals surface area contributed by atoms with Crippen LogP contribution in [0.2, 0.25) is 0 Å². The van der Waals surface area contributed by atoms with Crippen molar-refractivity contribution in [3.05, 3.63) is 0 Å². The van der Waals surface area contributed by atoms with E-state index in [1.807, 2.05) is 19.0 Å². The molecule has 0 aromatic carbocycles. The van der Waals surface area contributed by atoms with Crippen LogP contribution in [0, 0.1) is 11.3 Å². The first-order valence-corrected chi connectivity index (χ1v) is 7.19. The van der Waals surface area contributed by atoms with E-state index in [2.05, 4.69) is 24.5 Å². The van der Waals surface area contributed by atoms with Gasteiger partial charge in [-0.15, -0.1) is 0 Å². The highest BCUT2D eigenvalue weighted by atomic mass is 16.4. The van der Waals surface area contributed by atoms with E-state index in [1.54, 1.807) is 0 Å². The molecule has 0 heterocycles. The molecule has 1 atom stereocenters. The molecule has 0 spiro atoms. The molecular formula is C14H27N3O3. The summed E-state index contributed by atoms with van der Waals surface area (Å²) in [4.78, 5) is 25.2. The van der Waals surface area contributed by atoms with E-state index in [4.69, 9.17) is 0 Å². The summed E-state index contributed by atoms with van der Waals surface area (Å²) in [5.41, 5.74) is -0.744. The number of aliphatic carboxylic acids is 1. The Morgan fingerprint density at radius 2 is 1.90 bits per heavy atom. The highest BCUT2D eigenvalue weighted by Crippen LogP contribution is 2.40.